The molecule has 0 fully saturated rings. The van der Waals surface area contributed by atoms with Crippen molar-refractivity contribution in [2.45, 2.75) is 0 Å². The Morgan fingerprint density at radius 3 is 2.73 bits per heavy atom. The predicted octanol–water partition coefficient (Wildman–Crippen LogP) is 0.356. The first kappa shape index (κ1) is 12.9. The van der Waals surface area contributed by atoms with E-state index in [1.807, 2.05) is 0 Å². The molecule has 0 aromatic carbocycles. The second-order valence-corrected chi connectivity index (χ2v) is 1.30. The molecule has 0 saturated heterocycles. The van der Waals surface area contributed by atoms with Crippen LogP contribution < -0.4 is 4.74 Å². The van der Waals surface area contributed by atoms with Crippen molar-refractivity contribution in [3.63, 3.8) is 0 Å². The zero-order chi connectivity index (χ0) is 6.69. The summed E-state index contributed by atoms with van der Waals surface area (Å²) >= 11 is 0. The van der Waals surface area contributed by atoms with Crippen LogP contribution in [0, 0.1) is 0 Å². The molecule has 1 aromatic rings. The van der Waals surface area contributed by atoms with E-state index in [1.165, 1.54) is 18.4 Å². The monoisotopic (exact) mass is 172 g/mol. The van der Waals surface area contributed by atoms with E-state index in [1.54, 1.807) is 0 Å². The largest absolute Gasteiger partial charge is 2.00 e. The minimum atomic E-state index is -1.37. The molecule has 5 nitrogen and oxygen atoms in total. The van der Waals surface area contributed by atoms with E-state index in [4.69, 9.17) is 5.11 Å². The van der Waals surface area contributed by atoms with Crippen LogP contribution in [0.3, 0.4) is 0 Å². The third-order valence-electron chi connectivity index (χ3n) is 0.683. The van der Waals surface area contributed by atoms with E-state index in [9.17, 15) is 4.79 Å². The van der Waals surface area contributed by atoms with Crippen molar-refractivity contribution < 1.29 is 27.4 Å². The molecule has 11 heavy (non-hydrogen) atoms. The number of hydrogen-bond acceptors (Lipinski definition) is 3. The van der Waals surface area contributed by atoms with Gasteiger partial charge >= 0.3 is 29.2 Å². The van der Waals surface area contributed by atoms with Crippen LogP contribution in [0.2, 0.25) is 0 Å². The molecule has 6 heteroatoms. The van der Waals surface area contributed by atoms with Gasteiger partial charge in [0.15, 0.2) is 0 Å². The number of carbonyl (C=O) groups is 1. The van der Waals surface area contributed by atoms with E-state index >= 15 is 0 Å². The van der Waals surface area contributed by atoms with Crippen molar-refractivity contribution in [3.8, 4) is 5.95 Å². The smallest absolute Gasteiger partial charge is 1.00 e. The molecule has 0 radical (unpaired) electrons. The van der Waals surface area contributed by atoms with Gasteiger partial charge in [-0.15, -0.1) is 0 Å². The standard InChI is InChI=1S/C5H4O4.Mg.H2O.2H/c6-5(7)9-4-2-1-3-8-4;;;;/h1-3H,(H,6,7);;1H2;;/q;+2;;2*-1. The van der Waals surface area contributed by atoms with Gasteiger partial charge in [0, 0.05) is 6.07 Å². The van der Waals surface area contributed by atoms with Gasteiger partial charge in [0.1, 0.15) is 0 Å². The Morgan fingerprint density at radius 2 is 2.36 bits per heavy atom. The van der Waals surface area contributed by atoms with Crippen molar-refractivity contribution in [1.82, 2.24) is 0 Å². The Kier molecular flexibility index (Phi) is 7.06. The predicted molar refractivity (Wildman–Crippen MR) is 39.0 cm³/mol. The van der Waals surface area contributed by atoms with Gasteiger partial charge in [0.25, 0.3) is 5.95 Å². The van der Waals surface area contributed by atoms with Gasteiger partial charge in [0.05, 0.1) is 6.26 Å². The molecule has 0 amide bonds. The van der Waals surface area contributed by atoms with E-state index in [0.717, 1.165) is 0 Å². The second-order valence-electron chi connectivity index (χ2n) is 1.30. The third-order valence-corrected chi connectivity index (χ3v) is 0.683. The van der Waals surface area contributed by atoms with Crippen LogP contribution in [-0.2, 0) is 0 Å². The summed E-state index contributed by atoms with van der Waals surface area (Å²) in [5.41, 5.74) is 0. The van der Waals surface area contributed by atoms with Crippen LogP contribution in [-0.4, -0.2) is 39.8 Å². The van der Waals surface area contributed by atoms with Crippen molar-refractivity contribution in [3.05, 3.63) is 18.4 Å². The first-order valence-electron chi connectivity index (χ1n) is 2.23. The van der Waals surface area contributed by atoms with E-state index < -0.39 is 6.16 Å². The van der Waals surface area contributed by atoms with Gasteiger partial charge in [-0.3, -0.25) is 0 Å². The van der Waals surface area contributed by atoms with Gasteiger partial charge in [0.2, 0.25) is 0 Å². The van der Waals surface area contributed by atoms with Gasteiger partial charge in [-0.2, -0.15) is 0 Å². The molecule has 1 rings (SSSR count). The van der Waals surface area contributed by atoms with Crippen LogP contribution in [0.25, 0.3) is 0 Å². The summed E-state index contributed by atoms with van der Waals surface area (Å²) in [5.74, 6) is -0.0116. The summed E-state index contributed by atoms with van der Waals surface area (Å²) in [5, 5.41) is 8.00. The number of carboxylic acid groups (broad SMARTS) is 1. The molecule has 0 aliphatic rings. The summed E-state index contributed by atoms with van der Waals surface area (Å²) in [4.78, 5) is 9.78. The average Bonchev–Trinajstić information content (AvgIpc) is 2.15. The second kappa shape index (κ2) is 6.02. The minimum absolute atomic E-state index is 0. The fraction of sp³-hybridized carbons (Fsp3) is 0. The average molecular weight is 172 g/mol. The normalized spacial score (nSPS) is 7.27. The maximum absolute atomic E-state index is 9.78. The summed E-state index contributed by atoms with van der Waals surface area (Å²) in [6.07, 6.45) is -0.0388. The molecule has 1 heterocycles. The maximum atomic E-state index is 9.78. The Morgan fingerprint density at radius 1 is 1.73 bits per heavy atom. The van der Waals surface area contributed by atoms with Crippen LogP contribution in [0.15, 0.2) is 22.8 Å². The molecule has 0 spiro atoms. The molecule has 3 N–H and O–H groups in total. The molecule has 0 aliphatic heterocycles. The molecular formula is C5H8MgO5. The maximum Gasteiger partial charge on any atom is 2.00 e. The molecule has 0 aliphatic carbocycles. The molecule has 1 aromatic heterocycles. The zero-order valence-electron chi connectivity index (χ0n) is 7.61. The Labute approximate surface area is 81.4 Å². The van der Waals surface area contributed by atoms with Gasteiger partial charge in [-0.1, -0.05) is 0 Å². The zero-order valence-corrected chi connectivity index (χ0v) is 7.03. The van der Waals surface area contributed by atoms with Crippen LogP contribution >= 0.6 is 0 Å². The fourth-order valence-electron chi connectivity index (χ4n) is 0.408. The van der Waals surface area contributed by atoms with Crippen molar-refractivity contribution in [1.29, 1.82) is 0 Å². The number of rotatable bonds is 1. The van der Waals surface area contributed by atoms with E-state index in [-0.39, 0.29) is 37.3 Å². The molecular weight excluding hydrogens is 164 g/mol. The topological polar surface area (TPSA) is 91.2 Å². The van der Waals surface area contributed by atoms with Crippen LogP contribution in [0.4, 0.5) is 4.79 Å². The molecule has 0 saturated carbocycles. The van der Waals surface area contributed by atoms with Gasteiger partial charge in [-0.25, -0.2) is 4.79 Å². The van der Waals surface area contributed by atoms with Crippen LogP contribution in [0.1, 0.15) is 2.85 Å². The number of hydrogen-bond donors (Lipinski definition) is 1. The SMILES string of the molecule is O.O=C(O)Oc1ccco1.[H-].[H-].[Mg+2]. The summed E-state index contributed by atoms with van der Waals surface area (Å²) < 4.78 is 8.65. The Hall–Kier alpha value is -0.724. The Balaban J connectivity index is -0.000000101. The van der Waals surface area contributed by atoms with Crippen molar-refractivity contribution >= 4 is 29.2 Å². The minimum Gasteiger partial charge on any atom is -1.00 e. The van der Waals surface area contributed by atoms with E-state index in [0.29, 0.717) is 0 Å². The Bertz CT molecular complexity index is 203. The summed E-state index contributed by atoms with van der Waals surface area (Å²) in [6.45, 7) is 0. The molecule has 0 bridgehead atoms. The van der Waals surface area contributed by atoms with Crippen LogP contribution in [0.5, 0.6) is 5.95 Å². The fourth-order valence-corrected chi connectivity index (χ4v) is 0.408. The number of furan rings is 1. The van der Waals surface area contributed by atoms with Crippen molar-refractivity contribution in [2.24, 2.45) is 0 Å². The third kappa shape index (κ3) is 4.65. The van der Waals surface area contributed by atoms with Gasteiger partial charge in [-0.05, 0) is 6.07 Å². The number of ether oxygens (including phenoxy) is 1. The molecule has 60 valence electrons. The first-order valence-corrected chi connectivity index (χ1v) is 2.23. The molecule has 0 atom stereocenters. The quantitative estimate of drug-likeness (QED) is 0.489. The van der Waals surface area contributed by atoms with E-state index in [2.05, 4.69) is 9.15 Å². The summed E-state index contributed by atoms with van der Waals surface area (Å²) in [7, 11) is 0. The molecule has 0 unspecified atom stereocenters. The summed E-state index contributed by atoms with van der Waals surface area (Å²) in [6, 6.07) is 2.95. The first-order chi connectivity index (χ1) is 4.29. The van der Waals surface area contributed by atoms with Gasteiger partial charge < -0.3 is 22.6 Å². The van der Waals surface area contributed by atoms with Crippen molar-refractivity contribution in [2.75, 3.05) is 0 Å².